The largest absolute Gasteiger partial charge is 0.493 e. The van der Waals surface area contributed by atoms with Crippen LogP contribution >= 0.6 is 11.3 Å². The first-order valence-electron chi connectivity index (χ1n) is 8.53. The zero-order chi connectivity index (χ0) is 21.9. The highest BCUT2D eigenvalue weighted by Gasteiger charge is 2.38. The average Bonchev–Trinajstić information content (AvgIpc) is 3.17. The maximum Gasteiger partial charge on any atom is 0.434 e. The van der Waals surface area contributed by atoms with Gasteiger partial charge in [0, 0.05) is 5.56 Å². The normalized spacial score (nSPS) is 11.1. The van der Waals surface area contributed by atoms with Crippen LogP contribution in [0.25, 0.3) is 10.4 Å². The number of nitrogens with zero attached hydrogens (tertiary/aromatic N) is 1. The number of rotatable bonds is 6. The molecule has 1 N–H and O–H groups in total. The summed E-state index contributed by atoms with van der Waals surface area (Å²) in [5.74, 6) is 0.0945. The third-order valence-corrected chi connectivity index (χ3v) is 5.10. The summed E-state index contributed by atoms with van der Waals surface area (Å²) < 4.78 is 56.0. The molecule has 30 heavy (non-hydrogen) atoms. The minimum absolute atomic E-state index is 0.0803. The van der Waals surface area contributed by atoms with Crippen molar-refractivity contribution in [2.24, 2.45) is 0 Å². The van der Waals surface area contributed by atoms with Crippen LogP contribution in [0.15, 0.2) is 42.5 Å². The first kappa shape index (κ1) is 21.4. The molecule has 0 aliphatic heterocycles. The lowest BCUT2D eigenvalue weighted by Gasteiger charge is -2.13. The number of amides is 1. The Hall–Kier alpha value is -3.27. The van der Waals surface area contributed by atoms with E-state index < -0.39 is 17.8 Å². The van der Waals surface area contributed by atoms with Crippen LogP contribution in [0.5, 0.6) is 17.2 Å². The zero-order valence-corrected chi connectivity index (χ0v) is 17.0. The van der Waals surface area contributed by atoms with Gasteiger partial charge in [-0.15, -0.1) is 0 Å². The summed E-state index contributed by atoms with van der Waals surface area (Å²) in [5.41, 5.74) is -0.593. The maximum atomic E-state index is 13.5. The van der Waals surface area contributed by atoms with Crippen LogP contribution in [0, 0.1) is 0 Å². The van der Waals surface area contributed by atoms with Crippen LogP contribution in [0.1, 0.15) is 16.1 Å². The van der Waals surface area contributed by atoms with E-state index in [9.17, 15) is 18.0 Å². The quantitative estimate of drug-likeness (QED) is 0.579. The second-order valence-electron chi connectivity index (χ2n) is 5.93. The lowest BCUT2D eigenvalue weighted by Crippen LogP contribution is -2.13. The molecule has 1 amide bonds. The van der Waals surface area contributed by atoms with Gasteiger partial charge in [-0.2, -0.15) is 13.2 Å². The molecule has 1 aromatic heterocycles. The molecule has 0 fully saturated rings. The highest BCUT2D eigenvalue weighted by atomic mass is 32.1. The van der Waals surface area contributed by atoms with Crippen LogP contribution in [0.2, 0.25) is 0 Å². The number of thiazole rings is 1. The van der Waals surface area contributed by atoms with E-state index in [1.165, 1.54) is 33.5 Å². The molecule has 3 aromatic rings. The fourth-order valence-corrected chi connectivity index (χ4v) is 3.72. The third-order valence-electron chi connectivity index (χ3n) is 4.08. The first-order valence-corrected chi connectivity index (χ1v) is 9.35. The third kappa shape index (κ3) is 4.33. The Morgan fingerprint density at radius 3 is 2.10 bits per heavy atom. The minimum atomic E-state index is -4.67. The fraction of sp³-hybridized carbons (Fsp3) is 0.200. The van der Waals surface area contributed by atoms with Crippen LogP contribution in [-0.2, 0) is 6.18 Å². The van der Waals surface area contributed by atoms with Gasteiger partial charge in [0.1, 0.15) is 0 Å². The SMILES string of the molecule is COc1cc(C(=O)Nc2nc(C(F)(F)F)c(-c3ccccc3)s2)cc(OC)c1OC. The highest BCUT2D eigenvalue weighted by Crippen LogP contribution is 2.42. The van der Waals surface area contributed by atoms with E-state index in [0.717, 1.165) is 11.3 Å². The Balaban J connectivity index is 1.97. The number of alkyl halides is 3. The molecule has 0 saturated heterocycles. The van der Waals surface area contributed by atoms with Crippen molar-refractivity contribution in [3.63, 3.8) is 0 Å². The van der Waals surface area contributed by atoms with E-state index in [1.807, 2.05) is 0 Å². The van der Waals surface area contributed by atoms with E-state index in [1.54, 1.807) is 30.3 Å². The van der Waals surface area contributed by atoms with Crippen molar-refractivity contribution in [1.82, 2.24) is 4.98 Å². The van der Waals surface area contributed by atoms with Crippen molar-refractivity contribution in [3.05, 3.63) is 53.7 Å². The van der Waals surface area contributed by atoms with Crippen molar-refractivity contribution in [2.45, 2.75) is 6.18 Å². The number of aromatic nitrogens is 1. The van der Waals surface area contributed by atoms with Gasteiger partial charge in [-0.25, -0.2) is 4.98 Å². The minimum Gasteiger partial charge on any atom is -0.493 e. The number of methoxy groups -OCH3 is 3. The van der Waals surface area contributed by atoms with Crippen molar-refractivity contribution in [1.29, 1.82) is 0 Å². The standard InChI is InChI=1S/C20H17F3N2O4S/c1-27-13-9-12(10-14(28-2)15(13)29-3)18(26)25-19-24-17(20(21,22)23)16(30-19)11-7-5-4-6-8-11/h4-10H,1-3H3,(H,24,25,26). The Kier molecular flexibility index (Phi) is 6.16. The summed E-state index contributed by atoms with van der Waals surface area (Å²) in [7, 11) is 4.20. The molecule has 10 heteroatoms. The van der Waals surface area contributed by atoms with Gasteiger partial charge in [0.15, 0.2) is 22.3 Å². The van der Waals surface area contributed by atoms with Crippen LogP contribution in [-0.4, -0.2) is 32.2 Å². The molecule has 6 nitrogen and oxygen atoms in total. The topological polar surface area (TPSA) is 69.7 Å². The fourth-order valence-electron chi connectivity index (χ4n) is 2.73. The number of anilines is 1. The summed E-state index contributed by atoms with van der Waals surface area (Å²) in [6.45, 7) is 0. The van der Waals surface area contributed by atoms with Crippen molar-refractivity contribution < 1.29 is 32.2 Å². The molecular weight excluding hydrogens is 421 g/mol. The average molecular weight is 438 g/mol. The van der Waals surface area contributed by atoms with E-state index in [-0.39, 0.29) is 32.8 Å². The van der Waals surface area contributed by atoms with Gasteiger partial charge in [0.2, 0.25) is 5.75 Å². The van der Waals surface area contributed by atoms with Crippen molar-refractivity contribution in [3.8, 4) is 27.7 Å². The van der Waals surface area contributed by atoms with Gasteiger partial charge in [-0.3, -0.25) is 10.1 Å². The summed E-state index contributed by atoms with van der Waals surface area (Å²) in [5, 5.41) is 2.24. The lowest BCUT2D eigenvalue weighted by atomic mass is 10.1. The van der Waals surface area contributed by atoms with Crippen molar-refractivity contribution in [2.75, 3.05) is 26.6 Å². The molecule has 0 spiro atoms. The number of nitrogens with one attached hydrogen (secondary N) is 1. The Morgan fingerprint density at radius 1 is 1.00 bits per heavy atom. The van der Waals surface area contributed by atoms with Gasteiger partial charge >= 0.3 is 6.18 Å². The molecule has 0 saturated carbocycles. The van der Waals surface area contributed by atoms with Gasteiger partial charge in [0.05, 0.1) is 26.2 Å². The molecule has 2 aromatic carbocycles. The van der Waals surface area contributed by atoms with Gasteiger partial charge < -0.3 is 14.2 Å². The van der Waals surface area contributed by atoms with E-state index in [0.29, 0.717) is 5.56 Å². The van der Waals surface area contributed by atoms with Gasteiger partial charge in [-0.05, 0) is 17.7 Å². The Morgan fingerprint density at radius 2 is 1.60 bits per heavy atom. The number of hydrogen-bond donors (Lipinski definition) is 1. The number of carbonyl (C=O) groups is 1. The predicted molar refractivity (Wildman–Crippen MR) is 107 cm³/mol. The number of halogens is 3. The summed E-state index contributed by atoms with van der Waals surface area (Å²) in [6, 6.07) is 10.8. The molecule has 0 aliphatic carbocycles. The van der Waals surface area contributed by atoms with Crippen LogP contribution in [0.4, 0.5) is 18.3 Å². The molecule has 158 valence electrons. The van der Waals surface area contributed by atoms with Gasteiger partial charge in [-0.1, -0.05) is 41.7 Å². The highest BCUT2D eigenvalue weighted by molar-refractivity contribution is 7.19. The zero-order valence-electron chi connectivity index (χ0n) is 16.2. The molecule has 0 unspecified atom stereocenters. The van der Waals surface area contributed by atoms with E-state index in [4.69, 9.17) is 14.2 Å². The smallest absolute Gasteiger partial charge is 0.434 e. The van der Waals surface area contributed by atoms with Crippen LogP contribution in [0.3, 0.4) is 0 Å². The second kappa shape index (κ2) is 8.62. The summed E-state index contributed by atoms with van der Waals surface area (Å²) >= 11 is 0.740. The first-order chi connectivity index (χ1) is 14.3. The maximum absolute atomic E-state index is 13.5. The molecular formula is C20H17F3N2O4S. The summed E-state index contributed by atoms with van der Waals surface area (Å²) in [4.78, 5) is 16.2. The Bertz CT molecular complexity index is 1030. The van der Waals surface area contributed by atoms with Crippen LogP contribution < -0.4 is 19.5 Å². The molecule has 0 atom stereocenters. The monoisotopic (exact) mass is 438 g/mol. The van der Waals surface area contributed by atoms with Gasteiger partial charge in [0.25, 0.3) is 5.91 Å². The number of benzene rings is 2. The molecule has 0 bridgehead atoms. The number of ether oxygens (including phenoxy) is 3. The lowest BCUT2D eigenvalue weighted by molar-refractivity contribution is -0.140. The predicted octanol–water partition coefficient (Wildman–Crippen LogP) is 5.11. The molecule has 0 aliphatic rings. The number of hydrogen-bond acceptors (Lipinski definition) is 6. The van der Waals surface area contributed by atoms with Crippen molar-refractivity contribution >= 4 is 22.4 Å². The second-order valence-corrected chi connectivity index (χ2v) is 6.93. The van der Waals surface area contributed by atoms with E-state index in [2.05, 4.69) is 10.3 Å². The summed E-state index contributed by atoms with van der Waals surface area (Å²) in [6.07, 6.45) is -4.67. The molecule has 1 heterocycles. The van der Waals surface area contributed by atoms with E-state index >= 15 is 0 Å². The number of carbonyl (C=O) groups excluding carboxylic acids is 1. The molecule has 0 radical (unpaired) electrons. The molecule has 3 rings (SSSR count). The Labute approximate surface area is 174 Å².